The lowest BCUT2D eigenvalue weighted by molar-refractivity contribution is -0.142. The third-order valence-corrected chi connectivity index (χ3v) is 4.49. The van der Waals surface area contributed by atoms with E-state index in [0.29, 0.717) is 5.96 Å². The van der Waals surface area contributed by atoms with Crippen LogP contribution >= 0.6 is 0 Å². The number of hydrogen-bond acceptors (Lipinski definition) is 2. The summed E-state index contributed by atoms with van der Waals surface area (Å²) in [6, 6.07) is 14.0. The number of alkyl halides is 3. The molecule has 2 aromatic carbocycles. The first-order valence-electron chi connectivity index (χ1n) is 8.84. The molecule has 1 heterocycles. The molecule has 1 unspecified atom stereocenters. The number of benzene rings is 2. The summed E-state index contributed by atoms with van der Waals surface area (Å²) in [4.78, 5) is 4.13. The highest BCUT2D eigenvalue weighted by molar-refractivity contribution is 5.87. The predicted octanol–water partition coefficient (Wildman–Crippen LogP) is 4.02. The van der Waals surface area contributed by atoms with Crippen molar-refractivity contribution in [3.63, 3.8) is 0 Å². The molecule has 0 fully saturated rings. The van der Waals surface area contributed by atoms with Crippen LogP contribution in [0, 0.1) is 0 Å². The van der Waals surface area contributed by atoms with Gasteiger partial charge in [0, 0.05) is 32.4 Å². The molecule has 0 spiro atoms. The van der Waals surface area contributed by atoms with Crippen molar-refractivity contribution in [3.8, 4) is 0 Å². The number of aliphatic imine (C=N–C) groups is 1. The van der Waals surface area contributed by atoms with E-state index in [9.17, 15) is 13.2 Å². The van der Waals surface area contributed by atoms with Crippen LogP contribution in [0.2, 0.25) is 0 Å². The monoisotopic (exact) mass is 389 g/mol. The van der Waals surface area contributed by atoms with Gasteiger partial charge in [0.25, 0.3) is 0 Å². The van der Waals surface area contributed by atoms with Crippen LogP contribution < -0.4 is 10.6 Å². The van der Waals surface area contributed by atoms with Crippen molar-refractivity contribution in [2.24, 2.45) is 12.0 Å². The van der Waals surface area contributed by atoms with E-state index in [-0.39, 0.29) is 18.2 Å². The second kappa shape index (κ2) is 7.92. The molecule has 0 bridgehead atoms. The Bertz CT molecular complexity index is 986. The topological polar surface area (TPSA) is 54.2 Å². The lowest BCUT2D eigenvalue weighted by Crippen LogP contribution is -2.38. The van der Waals surface area contributed by atoms with E-state index < -0.39 is 11.9 Å². The number of halogens is 3. The quantitative estimate of drug-likeness (QED) is 0.524. The molecule has 0 aliphatic rings. The molecule has 28 heavy (non-hydrogen) atoms. The fraction of sp³-hybridized carbons (Fsp3) is 0.300. The molecule has 2 N–H and O–H groups in total. The number of aromatic nitrogens is 2. The summed E-state index contributed by atoms with van der Waals surface area (Å²) in [5, 5.41) is 12.0. The molecular weight excluding hydrogens is 367 g/mol. The maximum Gasteiger partial charge on any atom is 0.435 e. The zero-order valence-electron chi connectivity index (χ0n) is 15.9. The van der Waals surface area contributed by atoms with E-state index in [0.717, 1.165) is 21.0 Å². The van der Waals surface area contributed by atoms with Crippen molar-refractivity contribution >= 4 is 16.7 Å². The molecule has 0 radical (unpaired) electrons. The molecule has 5 nitrogen and oxygen atoms in total. The van der Waals surface area contributed by atoms with E-state index in [1.807, 2.05) is 49.4 Å². The first-order chi connectivity index (χ1) is 13.3. The standard InChI is InChI=1S/C20H22F3N5/c1-13(16-10-6-8-14-7-4-5-9-17(14)16)26-19(24-2)25-11-15-12-28(3)27-18(15)20(21,22)23/h4-10,12-13H,11H2,1-3H3,(H2,24,25,26). The fourth-order valence-corrected chi connectivity index (χ4v) is 3.19. The third-order valence-electron chi connectivity index (χ3n) is 4.49. The second-order valence-corrected chi connectivity index (χ2v) is 6.53. The molecule has 3 aromatic rings. The summed E-state index contributed by atoms with van der Waals surface area (Å²) < 4.78 is 40.5. The molecule has 1 aromatic heterocycles. The Hall–Kier alpha value is -3.03. The van der Waals surface area contributed by atoms with Crippen LogP contribution in [0.15, 0.2) is 53.7 Å². The Kier molecular flexibility index (Phi) is 5.58. The average molecular weight is 389 g/mol. The van der Waals surface area contributed by atoms with Crippen LogP contribution in [-0.2, 0) is 19.8 Å². The van der Waals surface area contributed by atoms with E-state index in [4.69, 9.17) is 0 Å². The Labute approximate surface area is 161 Å². The molecule has 3 rings (SSSR count). The summed E-state index contributed by atoms with van der Waals surface area (Å²) in [6.07, 6.45) is -3.14. The number of nitrogens with one attached hydrogen (secondary N) is 2. The summed E-state index contributed by atoms with van der Waals surface area (Å²) in [5.41, 5.74) is 0.259. The molecule has 0 aliphatic carbocycles. The summed E-state index contributed by atoms with van der Waals surface area (Å²) in [7, 11) is 3.05. The maximum absolute atomic E-state index is 13.1. The van der Waals surface area contributed by atoms with Gasteiger partial charge in [0.2, 0.25) is 0 Å². The van der Waals surface area contributed by atoms with Crippen LogP contribution in [0.5, 0.6) is 0 Å². The van der Waals surface area contributed by atoms with Crippen LogP contribution in [0.25, 0.3) is 10.8 Å². The molecule has 0 saturated carbocycles. The second-order valence-electron chi connectivity index (χ2n) is 6.53. The van der Waals surface area contributed by atoms with Gasteiger partial charge in [-0.25, -0.2) is 0 Å². The fourth-order valence-electron chi connectivity index (χ4n) is 3.19. The average Bonchev–Trinajstić information content (AvgIpc) is 3.05. The van der Waals surface area contributed by atoms with Gasteiger partial charge >= 0.3 is 6.18 Å². The minimum Gasteiger partial charge on any atom is -0.352 e. The SMILES string of the molecule is CN=C(NCc1cn(C)nc1C(F)(F)F)NC(C)c1cccc2ccccc12. The largest absolute Gasteiger partial charge is 0.435 e. The summed E-state index contributed by atoms with van der Waals surface area (Å²) >= 11 is 0. The van der Waals surface area contributed by atoms with Crippen molar-refractivity contribution in [1.82, 2.24) is 20.4 Å². The molecule has 8 heteroatoms. The Morgan fingerprint density at radius 2 is 1.89 bits per heavy atom. The summed E-state index contributed by atoms with van der Waals surface area (Å²) in [5.74, 6) is 0.414. The van der Waals surface area contributed by atoms with Gasteiger partial charge in [-0.2, -0.15) is 18.3 Å². The van der Waals surface area contributed by atoms with Gasteiger partial charge in [0.05, 0.1) is 6.04 Å². The summed E-state index contributed by atoms with van der Waals surface area (Å²) in [6.45, 7) is 1.95. The van der Waals surface area contributed by atoms with Gasteiger partial charge in [-0.3, -0.25) is 9.67 Å². The van der Waals surface area contributed by atoms with E-state index in [1.165, 1.54) is 13.2 Å². The number of aryl methyl sites for hydroxylation is 1. The Balaban J connectivity index is 1.73. The van der Waals surface area contributed by atoms with E-state index in [1.54, 1.807) is 7.05 Å². The van der Waals surface area contributed by atoms with Crippen molar-refractivity contribution in [2.75, 3.05) is 7.05 Å². The van der Waals surface area contributed by atoms with Gasteiger partial charge < -0.3 is 10.6 Å². The third kappa shape index (κ3) is 4.27. The first-order valence-corrected chi connectivity index (χ1v) is 8.84. The van der Waals surface area contributed by atoms with Crippen molar-refractivity contribution in [2.45, 2.75) is 25.7 Å². The Morgan fingerprint density at radius 3 is 2.61 bits per heavy atom. The van der Waals surface area contributed by atoms with Gasteiger partial charge in [-0.15, -0.1) is 0 Å². The maximum atomic E-state index is 13.1. The minimum absolute atomic E-state index is 0.0371. The van der Waals surface area contributed by atoms with Gasteiger partial charge in [0.15, 0.2) is 11.7 Å². The van der Waals surface area contributed by atoms with Gasteiger partial charge in [-0.1, -0.05) is 42.5 Å². The first kappa shape index (κ1) is 19.7. The highest BCUT2D eigenvalue weighted by atomic mass is 19.4. The number of fused-ring (bicyclic) bond motifs is 1. The molecule has 1 atom stereocenters. The number of guanidine groups is 1. The molecule has 0 amide bonds. The normalized spacial score (nSPS) is 13.6. The highest BCUT2D eigenvalue weighted by Gasteiger charge is 2.36. The lowest BCUT2D eigenvalue weighted by atomic mass is 10.00. The predicted molar refractivity (Wildman–Crippen MR) is 104 cm³/mol. The van der Waals surface area contributed by atoms with Crippen LogP contribution in [0.3, 0.4) is 0 Å². The van der Waals surface area contributed by atoms with Crippen molar-refractivity contribution in [3.05, 3.63) is 65.5 Å². The molecule has 0 aliphatic heterocycles. The minimum atomic E-state index is -4.49. The van der Waals surface area contributed by atoms with E-state index >= 15 is 0 Å². The zero-order chi connectivity index (χ0) is 20.3. The van der Waals surface area contributed by atoms with Gasteiger partial charge in [-0.05, 0) is 23.3 Å². The lowest BCUT2D eigenvalue weighted by Gasteiger charge is -2.20. The number of rotatable bonds is 4. The molecule has 148 valence electrons. The Morgan fingerprint density at radius 1 is 1.18 bits per heavy atom. The molecule has 0 saturated heterocycles. The number of nitrogens with zero attached hydrogens (tertiary/aromatic N) is 3. The smallest absolute Gasteiger partial charge is 0.352 e. The van der Waals surface area contributed by atoms with Crippen molar-refractivity contribution < 1.29 is 13.2 Å². The van der Waals surface area contributed by atoms with Crippen LogP contribution in [-0.4, -0.2) is 22.8 Å². The zero-order valence-corrected chi connectivity index (χ0v) is 15.9. The molecular formula is C20H22F3N5. The highest BCUT2D eigenvalue weighted by Crippen LogP contribution is 2.30. The van der Waals surface area contributed by atoms with E-state index in [2.05, 4.69) is 20.7 Å². The van der Waals surface area contributed by atoms with Gasteiger partial charge in [0.1, 0.15) is 0 Å². The van der Waals surface area contributed by atoms with Crippen LogP contribution in [0.1, 0.15) is 29.8 Å². The number of hydrogen-bond donors (Lipinski definition) is 2. The van der Waals surface area contributed by atoms with Crippen LogP contribution in [0.4, 0.5) is 13.2 Å². The van der Waals surface area contributed by atoms with Crippen molar-refractivity contribution in [1.29, 1.82) is 0 Å².